The van der Waals surface area contributed by atoms with Crippen LogP contribution in [0.25, 0.3) is 11.3 Å². The molecule has 2 heterocycles. The largest absolute Gasteiger partial charge is 0.361 e. The highest BCUT2D eigenvalue weighted by atomic mass is 35.5. The van der Waals surface area contributed by atoms with Gasteiger partial charge in [-0.05, 0) is 38.1 Å². The molecule has 0 radical (unpaired) electrons. The monoisotopic (exact) mass is 345 g/mol. The normalized spacial score (nSPS) is 10.8. The molecule has 3 aromatic rings. The van der Waals surface area contributed by atoms with Gasteiger partial charge in [-0.1, -0.05) is 21.9 Å². The van der Waals surface area contributed by atoms with Gasteiger partial charge in [0.15, 0.2) is 5.76 Å². The molecule has 3 rings (SSSR count). The summed E-state index contributed by atoms with van der Waals surface area (Å²) in [6, 6.07) is 9.06. The number of nitrogens with one attached hydrogen (secondary N) is 1. The van der Waals surface area contributed by atoms with Crippen LogP contribution >= 0.6 is 11.6 Å². The summed E-state index contributed by atoms with van der Waals surface area (Å²) in [5.41, 5.74) is 3.07. The lowest BCUT2D eigenvalue weighted by molar-refractivity contribution is -0.120. The smallest absolute Gasteiger partial charge is 0.224 e. The van der Waals surface area contributed by atoms with E-state index in [1.54, 1.807) is 25.1 Å². The number of carbonyl (C=O) groups is 1. The molecule has 0 aliphatic carbocycles. The minimum atomic E-state index is -0.125. The molecule has 6 nitrogen and oxygen atoms in total. The number of halogens is 1. The van der Waals surface area contributed by atoms with Gasteiger partial charge in [0.25, 0.3) is 0 Å². The molecule has 0 saturated carbocycles. The molecule has 124 valence electrons. The molecule has 7 heteroatoms. The van der Waals surface area contributed by atoms with E-state index in [2.05, 4.69) is 15.6 Å². The zero-order valence-corrected chi connectivity index (χ0v) is 14.1. The van der Waals surface area contributed by atoms with Crippen molar-refractivity contribution in [1.82, 2.24) is 15.6 Å². The Morgan fingerprint density at radius 2 is 1.92 bits per heavy atom. The van der Waals surface area contributed by atoms with E-state index < -0.39 is 0 Å². The lowest BCUT2D eigenvalue weighted by atomic mass is 10.1. The van der Waals surface area contributed by atoms with Crippen LogP contribution < -0.4 is 5.32 Å². The number of hydrogen-bond donors (Lipinski definition) is 1. The highest BCUT2D eigenvalue weighted by molar-refractivity contribution is 6.30. The quantitative estimate of drug-likeness (QED) is 0.765. The first kappa shape index (κ1) is 16.3. The van der Waals surface area contributed by atoms with Gasteiger partial charge in [-0.25, -0.2) is 0 Å². The number of aryl methyl sites for hydroxylation is 2. The third-order valence-corrected chi connectivity index (χ3v) is 3.92. The van der Waals surface area contributed by atoms with Gasteiger partial charge >= 0.3 is 0 Å². The Morgan fingerprint density at radius 3 is 2.58 bits per heavy atom. The summed E-state index contributed by atoms with van der Waals surface area (Å²) >= 11 is 5.86. The molecular formula is C17H16ClN3O3. The molecule has 0 saturated heterocycles. The summed E-state index contributed by atoms with van der Waals surface area (Å²) in [4.78, 5) is 12.0. The molecule has 0 bridgehead atoms. The topological polar surface area (TPSA) is 81.2 Å². The van der Waals surface area contributed by atoms with Crippen molar-refractivity contribution in [1.29, 1.82) is 0 Å². The van der Waals surface area contributed by atoms with Crippen molar-refractivity contribution in [2.75, 3.05) is 0 Å². The summed E-state index contributed by atoms with van der Waals surface area (Å²) in [5.74, 6) is 1.16. The van der Waals surface area contributed by atoms with Crippen molar-refractivity contribution in [3.8, 4) is 11.3 Å². The van der Waals surface area contributed by atoms with Gasteiger partial charge in [0, 0.05) is 22.2 Å². The van der Waals surface area contributed by atoms with Crippen LogP contribution in [0.3, 0.4) is 0 Å². The molecule has 0 spiro atoms. The number of nitrogens with zero attached hydrogens (tertiary/aromatic N) is 2. The van der Waals surface area contributed by atoms with Crippen molar-refractivity contribution < 1.29 is 13.8 Å². The minimum Gasteiger partial charge on any atom is -0.361 e. The lowest BCUT2D eigenvalue weighted by Gasteiger charge is -2.02. The lowest BCUT2D eigenvalue weighted by Crippen LogP contribution is -2.25. The second-order valence-electron chi connectivity index (χ2n) is 5.45. The Balaban J connectivity index is 1.59. The van der Waals surface area contributed by atoms with Crippen molar-refractivity contribution >= 4 is 17.5 Å². The van der Waals surface area contributed by atoms with Crippen LogP contribution in [0.1, 0.15) is 22.7 Å². The number of carbonyl (C=O) groups excluding carboxylic acids is 1. The van der Waals surface area contributed by atoms with E-state index >= 15 is 0 Å². The summed E-state index contributed by atoms with van der Waals surface area (Å²) in [6.07, 6.45) is 0.225. The van der Waals surface area contributed by atoms with Crippen LogP contribution in [0, 0.1) is 13.8 Å². The first-order valence-electron chi connectivity index (χ1n) is 7.43. The Bertz CT molecular complexity index is 833. The summed E-state index contributed by atoms with van der Waals surface area (Å²) in [7, 11) is 0. The number of benzene rings is 1. The predicted octanol–water partition coefficient (Wildman–Crippen LogP) is 3.46. The number of amides is 1. The van der Waals surface area contributed by atoms with Crippen LogP contribution in [-0.4, -0.2) is 16.2 Å². The van der Waals surface area contributed by atoms with Crippen LogP contribution in [0.4, 0.5) is 0 Å². The summed E-state index contributed by atoms with van der Waals surface area (Å²) in [6.45, 7) is 3.90. The Labute approximate surface area is 143 Å². The van der Waals surface area contributed by atoms with E-state index in [9.17, 15) is 4.79 Å². The van der Waals surface area contributed by atoms with E-state index in [-0.39, 0.29) is 12.3 Å². The van der Waals surface area contributed by atoms with Gasteiger partial charge < -0.3 is 14.4 Å². The van der Waals surface area contributed by atoms with E-state index in [0.29, 0.717) is 28.8 Å². The van der Waals surface area contributed by atoms with Gasteiger partial charge in [0.2, 0.25) is 5.91 Å². The molecule has 1 N–H and O–H groups in total. The standard InChI is InChI=1S/C17H16ClN3O3/c1-10-15(11(2)23-20-10)8-17(22)19-9-14-7-16(24-21-14)12-3-5-13(18)6-4-12/h3-7H,8-9H2,1-2H3,(H,19,22). The van der Waals surface area contributed by atoms with Crippen LogP contribution in [-0.2, 0) is 17.8 Å². The minimum absolute atomic E-state index is 0.125. The van der Waals surface area contributed by atoms with Crippen molar-refractivity contribution in [2.24, 2.45) is 0 Å². The maximum atomic E-state index is 12.0. The second-order valence-corrected chi connectivity index (χ2v) is 5.88. The van der Waals surface area contributed by atoms with Crippen LogP contribution in [0.2, 0.25) is 5.02 Å². The second kappa shape index (κ2) is 6.88. The van der Waals surface area contributed by atoms with E-state index in [1.807, 2.05) is 19.1 Å². The molecule has 24 heavy (non-hydrogen) atoms. The summed E-state index contributed by atoms with van der Waals surface area (Å²) < 4.78 is 10.4. The Kier molecular flexibility index (Phi) is 4.66. The fourth-order valence-electron chi connectivity index (χ4n) is 2.31. The van der Waals surface area contributed by atoms with Crippen LogP contribution in [0.5, 0.6) is 0 Å². The maximum Gasteiger partial charge on any atom is 0.224 e. The zero-order valence-electron chi connectivity index (χ0n) is 13.3. The average Bonchev–Trinajstić information content (AvgIpc) is 3.16. The molecular weight excluding hydrogens is 330 g/mol. The molecule has 0 fully saturated rings. The number of hydrogen-bond acceptors (Lipinski definition) is 5. The average molecular weight is 346 g/mol. The molecule has 0 atom stereocenters. The van der Waals surface area contributed by atoms with Crippen molar-refractivity contribution in [2.45, 2.75) is 26.8 Å². The van der Waals surface area contributed by atoms with Crippen LogP contribution in [0.15, 0.2) is 39.4 Å². The Morgan fingerprint density at radius 1 is 1.17 bits per heavy atom. The molecule has 0 aliphatic rings. The van der Waals surface area contributed by atoms with E-state index in [1.165, 1.54) is 0 Å². The third-order valence-electron chi connectivity index (χ3n) is 3.67. The third kappa shape index (κ3) is 3.65. The van der Waals surface area contributed by atoms with E-state index in [4.69, 9.17) is 20.6 Å². The van der Waals surface area contributed by atoms with E-state index in [0.717, 1.165) is 16.8 Å². The van der Waals surface area contributed by atoms with Gasteiger partial charge in [-0.2, -0.15) is 0 Å². The molecule has 1 amide bonds. The zero-order chi connectivity index (χ0) is 17.1. The van der Waals surface area contributed by atoms with Gasteiger partial charge in [0.1, 0.15) is 11.5 Å². The van der Waals surface area contributed by atoms with Crippen molar-refractivity contribution in [3.05, 3.63) is 58.1 Å². The number of rotatable bonds is 5. The molecule has 1 aromatic carbocycles. The first-order valence-corrected chi connectivity index (χ1v) is 7.80. The Hall–Kier alpha value is -2.60. The predicted molar refractivity (Wildman–Crippen MR) is 88.5 cm³/mol. The number of aromatic nitrogens is 2. The SMILES string of the molecule is Cc1noc(C)c1CC(=O)NCc1cc(-c2ccc(Cl)cc2)on1. The van der Waals surface area contributed by atoms with Gasteiger partial charge in [-0.3, -0.25) is 4.79 Å². The maximum absolute atomic E-state index is 12.0. The molecule has 2 aromatic heterocycles. The van der Waals surface area contributed by atoms with Gasteiger partial charge in [-0.15, -0.1) is 0 Å². The highest BCUT2D eigenvalue weighted by Gasteiger charge is 2.14. The van der Waals surface area contributed by atoms with Crippen molar-refractivity contribution in [3.63, 3.8) is 0 Å². The fraction of sp³-hybridized carbons (Fsp3) is 0.235. The highest BCUT2D eigenvalue weighted by Crippen LogP contribution is 2.22. The molecule has 0 unspecified atom stereocenters. The van der Waals surface area contributed by atoms with Gasteiger partial charge in [0.05, 0.1) is 18.7 Å². The summed E-state index contributed by atoms with van der Waals surface area (Å²) in [5, 5.41) is 11.3. The fourth-order valence-corrected chi connectivity index (χ4v) is 2.44. The first-order chi connectivity index (χ1) is 11.5. The molecule has 0 aliphatic heterocycles.